The van der Waals surface area contributed by atoms with Crippen LogP contribution < -0.4 is 4.90 Å². The largest absolute Gasteiger partial charge is 0.378 e. The zero-order valence-corrected chi connectivity index (χ0v) is 17.0. The van der Waals surface area contributed by atoms with Gasteiger partial charge in [-0.2, -0.15) is 0 Å². The smallest absolute Gasteiger partial charge is 0.138 e. The van der Waals surface area contributed by atoms with E-state index in [2.05, 4.69) is 61.2 Å². The molecule has 6 nitrogen and oxygen atoms in total. The first kappa shape index (κ1) is 18.0. The van der Waals surface area contributed by atoms with Crippen molar-refractivity contribution in [3.63, 3.8) is 0 Å². The van der Waals surface area contributed by atoms with Gasteiger partial charge in [-0.25, -0.2) is 4.98 Å². The molecule has 0 aliphatic carbocycles. The molecule has 1 aliphatic rings. The molecular formula is C25H21N5O. The summed E-state index contributed by atoms with van der Waals surface area (Å²) in [7, 11) is 0. The Labute approximate surface area is 179 Å². The molecular weight excluding hydrogens is 386 g/mol. The summed E-state index contributed by atoms with van der Waals surface area (Å²) in [6.45, 7) is 3.46. The number of aromatic nitrogens is 4. The number of aromatic amines is 1. The molecule has 0 atom stereocenters. The topological polar surface area (TPSA) is 66.9 Å². The van der Waals surface area contributed by atoms with Gasteiger partial charge >= 0.3 is 0 Å². The van der Waals surface area contributed by atoms with Gasteiger partial charge in [-0.1, -0.05) is 12.1 Å². The van der Waals surface area contributed by atoms with E-state index in [4.69, 9.17) is 4.74 Å². The maximum absolute atomic E-state index is 5.46. The summed E-state index contributed by atoms with van der Waals surface area (Å²) < 4.78 is 5.46. The van der Waals surface area contributed by atoms with Gasteiger partial charge in [0, 0.05) is 59.3 Å². The number of hydrogen-bond acceptors (Lipinski definition) is 5. The predicted octanol–water partition coefficient (Wildman–Crippen LogP) is 4.68. The summed E-state index contributed by atoms with van der Waals surface area (Å²) in [5.41, 5.74) is 7.25. The molecule has 0 amide bonds. The van der Waals surface area contributed by atoms with Crippen molar-refractivity contribution in [1.29, 1.82) is 0 Å². The van der Waals surface area contributed by atoms with Crippen LogP contribution in [0.3, 0.4) is 0 Å². The van der Waals surface area contributed by atoms with Crippen LogP contribution in [0.25, 0.3) is 44.3 Å². The fourth-order valence-corrected chi connectivity index (χ4v) is 4.19. The fraction of sp³-hybridized carbons (Fsp3) is 0.160. The first-order chi connectivity index (χ1) is 15.3. The second-order valence-electron chi connectivity index (χ2n) is 7.75. The van der Waals surface area contributed by atoms with Crippen molar-refractivity contribution in [2.45, 2.75) is 0 Å². The number of hydrogen-bond donors (Lipinski definition) is 1. The number of nitrogens with zero attached hydrogens (tertiary/aromatic N) is 4. The normalized spacial score (nSPS) is 14.4. The zero-order valence-electron chi connectivity index (χ0n) is 17.0. The lowest BCUT2D eigenvalue weighted by molar-refractivity contribution is 0.122. The number of benzene rings is 1. The Morgan fingerprint density at radius 2 is 1.68 bits per heavy atom. The summed E-state index contributed by atoms with van der Waals surface area (Å²) in [6, 6.07) is 17.0. The van der Waals surface area contributed by atoms with Crippen molar-refractivity contribution in [3.8, 4) is 22.4 Å². The second-order valence-corrected chi connectivity index (χ2v) is 7.75. The third kappa shape index (κ3) is 3.31. The third-order valence-corrected chi connectivity index (χ3v) is 5.87. The standard InChI is InChI=1S/C25H21N5O/c1-2-18(14-26-7-1)23-13-21-22-12-19(15-28-25(22)29-24(21)16-27-23)17-3-5-20(6-4-17)30-8-10-31-11-9-30/h1-7,12-16H,8-11H2,(H,28,29). The third-order valence-electron chi connectivity index (χ3n) is 5.87. The average Bonchev–Trinajstić information content (AvgIpc) is 3.22. The second kappa shape index (κ2) is 7.49. The Morgan fingerprint density at radius 3 is 2.48 bits per heavy atom. The SMILES string of the molecule is c1cncc(-c2cc3c(cn2)[nH]c2ncc(-c4ccc(N5CCOCC5)cc4)cc23)c1. The average molecular weight is 407 g/mol. The van der Waals surface area contributed by atoms with E-state index in [9.17, 15) is 0 Å². The Morgan fingerprint density at radius 1 is 0.806 bits per heavy atom. The van der Waals surface area contributed by atoms with E-state index in [0.717, 1.165) is 70.6 Å². The lowest BCUT2D eigenvalue weighted by Gasteiger charge is -2.28. The summed E-state index contributed by atoms with van der Waals surface area (Å²) in [5.74, 6) is 0. The van der Waals surface area contributed by atoms with Crippen LogP contribution in [-0.2, 0) is 4.74 Å². The number of pyridine rings is 3. The summed E-state index contributed by atoms with van der Waals surface area (Å²) in [5, 5.41) is 2.21. The predicted molar refractivity (Wildman–Crippen MR) is 123 cm³/mol. The van der Waals surface area contributed by atoms with Crippen molar-refractivity contribution < 1.29 is 4.74 Å². The molecule has 0 unspecified atom stereocenters. The molecule has 5 aromatic rings. The van der Waals surface area contributed by atoms with Crippen LogP contribution in [0.4, 0.5) is 5.69 Å². The van der Waals surface area contributed by atoms with E-state index >= 15 is 0 Å². The number of H-pyrrole nitrogens is 1. The van der Waals surface area contributed by atoms with Gasteiger partial charge in [-0.05, 0) is 42.0 Å². The molecule has 0 radical (unpaired) electrons. The van der Waals surface area contributed by atoms with Gasteiger partial charge in [-0.3, -0.25) is 9.97 Å². The minimum atomic E-state index is 0.790. The van der Waals surface area contributed by atoms with E-state index in [-0.39, 0.29) is 0 Å². The van der Waals surface area contributed by atoms with E-state index in [0.29, 0.717) is 0 Å². The first-order valence-corrected chi connectivity index (χ1v) is 10.5. The van der Waals surface area contributed by atoms with Crippen LogP contribution in [0.5, 0.6) is 0 Å². The Bertz CT molecular complexity index is 1360. The Balaban J connectivity index is 1.39. The molecule has 31 heavy (non-hydrogen) atoms. The molecule has 0 spiro atoms. The van der Waals surface area contributed by atoms with Gasteiger partial charge in [0.05, 0.1) is 30.6 Å². The van der Waals surface area contributed by atoms with Crippen LogP contribution in [0.15, 0.2) is 73.3 Å². The number of rotatable bonds is 3. The highest BCUT2D eigenvalue weighted by atomic mass is 16.5. The molecule has 6 rings (SSSR count). The minimum Gasteiger partial charge on any atom is -0.378 e. The van der Waals surface area contributed by atoms with Crippen LogP contribution >= 0.6 is 0 Å². The van der Waals surface area contributed by atoms with Gasteiger partial charge in [0.25, 0.3) is 0 Å². The summed E-state index contributed by atoms with van der Waals surface area (Å²) in [6.07, 6.45) is 7.41. The molecule has 4 aromatic heterocycles. The maximum Gasteiger partial charge on any atom is 0.138 e. The van der Waals surface area contributed by atoms with Crippen LogP contribution in [-0.4, -0.2) is 46.2 Å². The number of morpholine rings is 1. The highest BCUT2D eigenvalue weighted by molar-refractivity contribution is 6.07. The number of fused-ring (bicyclic) bond motifs is 3. The molecule has 0 bridgehead atoms. The molecule has 6 heteroatoms. The minimum absolute atomic E-state index is 0.790. The highest BCUT2D eigenvalue weighted by Gasteiger charge is 2.13. The van der Waals surface area contributed by atoms with Crippen molar-refractivity contribution in [2.24, 2.45) is 0 Å². The van der Waals surface area contributed by atoms with E-state index in [1.165, 1.54) is 5.69 Å². The molecule has 0 saturated carbocycles. The zero-order chi connectivity index (χ0) is 20.6. The summed E-state index contributed by atoms with van der Waals surface area (Å²) >= 11 is 0. The van der Waals surface area contributed by atoms with E-state index in [1.54, 1.807) is 6.20 Å². The molecule has 5 heterocycles. The monoisotopic (exact) mass is 407 g/mol. The Kier molecular flexibility index (Phi) is 4.35. The van der Waals surface area contributed by atoms with Crippen LogP contribution in [0, 0.1) is 0 Å². The van der Waals surface area contributed by atoms with Gasteiger partial charge in [0.2, 0.25) is 0 Å². The van der Waals surface area contributed by atoms with Gasteiger partial charge in [0.15, 0.2) is 0 Å². The molecule has 1 aliphatic heterocycles. The number of nitrogens with one attached hydrogen (secondary N) is 1. The van der Waals surface area contributed by atoms with Gasteiger partial charge < -0.3 is 14.6 Å². The van der Waals surface area contributed by atoms with Crippen molar-refractivity contribution in [3.05, 3.63) is 73.3 Å². The lowest BCUT2D eigenvalue weighted by Crippen LogP contribution is -2.36. The van der Waals surface area contributed by atoms with E-state index in [1.807, 2.05) is 30.7 Å². The molecule has 1 N–H and O–H groups in total. The molecule has 1 saturated heterocycles. The maximum atomic E-state index is 5.46. The van der Waals surface area contributed by atoms with Crippen molar-refractivity contribution in [1.82, 2.24) is 19.9 Å². The van der Waals surface area contributed by atoms with Crippen molar-refractivity contribution >= 4 is 27.6 Å². The summed E-state index contributed by atoms with van der Waals surface area (Å²) in [4.78, 5) is 19.2. The molecule has 1 aromatic carbocycles. The van der Waals surface area contributed by atoms with Gasteiger partial charge in [0.1, 0.15) is 5.65 Å². The van der Waals surface area contributed by atoms with Crippen molar-refractivity contribution in [2.75, 3.05) is 31.2 Å². The number of anilines is 1. The van der Waals surface area contributed by atoms with Crippen LogP contribution in [0.1, 0.15) is 0 Å². The first-order valence-electron chi connectivity index (χ1n) is 10.5. The fourth-order valence-electron chi connectivity index (χ4n) is 4.19. The lowest BCUT2D eigenvalue weighted by atomic mass is 10.0. The molecule has 1 fully saturated rings. The highest BCUT2D eigenvalue weighted by Crippen LogP contribution is 2.31. The Hall–Kier alpha value is -3.77. The van der Waals surface area contributed by atoms with Gasteiger partial charge in [-0.15, -0.1) is 0 Å². The number of ether oxygens (including phenoxy) is 1. The quantitative estimate of drug-likeness (QED) is 0.470. The molecule has 152 valence electrons. The van der Waals surface area contributed by atoms with E-state index < -0.39 is 0 Å². The van der Waals surface area contributed by atoms with Crippen LogP contribution in [0.2, 0.25) is 0 Å².